The van der Waals surface area contributed by atoms with Gasteiger partial charge in [-0.2, -0.15) is 4.98 Å². The Morgan fingerprint density at radius 3 is 3.07 bits per heavy atom. The number of hydrogen-bond donors (Lipinski definition) is 1. The summed E-state index contributed by atoms with van der Waals surface area (Å²) in [6.45, 7) is 10.5. The van der Waals surface area contributed by atoms with Crippen molar-refractivity contribution in [1.82, 2.24) is 15.5 Å². The molecule has 3 aromatic rings. The van der Waals surface area contributed by atoms with Gasteiger partial charge in [-0.05, 0) is 68.8 Å². The first-order chi connectivity index (χ1) is 18.6. The van der Waals surface area contributed by atoms with Crippen molar-refractivity contribution in [3.8, 4) is 28.6 Å². The van der Waals surface area contributed by atoms with Crippen LogP contribution in [-0.2, 0) is 6.42 Å². The molecule has 0 saturated heterocycles. The number of nitrogens with zero attached hydrogens (tertiary/aromatic N) is 3. The van der Waals surface area contributed by atoms with E-state index in [1.165, 1.54) is 0 Å². The van der Waals surface area contributed by atoms with Gasteiger partial charge in [0.1, 0.15) is 5.75 Å². The first-order valence-electron chi connectivity index (χ1n) is 14.5. The molecule has 6 heteroatoms. The molecule has 0 spiro atoms. The zero-order chi connectivity index (χ0) is 29.9. The fourth-order valence-corrected chi connectivity index (χ4v) is 3.02. The van der Waals surface area contributed by atoms with Crippen LogP contribution in [0.15, 0.2) is 40.8 Å². The molecule has 1 aromatic heterocycles. The van der Waals surface area contributed by atoms with E-state index in [1.54, 1.807) is 20.8 Å². The fourth-order valence-electron chi connectivity index (χ4n) is 3.02. The summed E-state index contributed by atoms with van der Waals surface area (Å²) < 4.78 is 94.9. The monoisotopic (exact) mass is 412 g/mol. The molecule has 0 unspecified atom stereocenters. The second kappa shape index (κ2) is 8.68. The van der Waals surface area contributed by atoms with Crippen LogP contribution in [0.4, 0.5) is 5.69 Å². The number of rotatable bonds is 7. The second-order valence-corrected chi connectivity index (χ2v) is 6.76. The molecule has 0 saturated carbocycles. The van der Waals surface area contributed by atoms with Gasteiger partial charge >= 0.3 is 0 Å². The third-order valence-electron chi connectivity index (χ3n) is 4.29. The van der Waals surface area contributed by atoms with Crippen LogP contribution in [0.25, 0.3) is 27.7 Å². The van der Waals surface area contributed by atoms with Crippen LogP contribution in [0.5, 0.6) is 5.75 Å². The van der Waals surface area contributed by atoms with Crippen LogP contribution in [0.2, 0.25) is 0 Å². The van der Waals surface area contributed by atoms with Crippen molar-refractivity contribution >= 4 is 5.69 Å². The van der Waals surface area contributed by atoms with E-state index < -0.39 is 67.2 Å². The van der Waals surface area contributed by atoms with Crippen molar-refractivity contribution in [2.45, 2.75) is 52.1 Å². The van der Waals surface area contributed by atoms with E-state index in [0.717, 1.165) is 0 Å². The Bertz CT molecular complexity index is 1550. The zero-order valence-electron chi connectivity index (χ0n) is 26.7. The lowest BCUT2D eigenvalue weighted by molar-refractivity contribution is 0.244. The number of aromatic nitrogens is 2. The third-order valence-corrected chi connectivity index (χ3v) is 4.29. The van der Waals surface area contributed by atoms with Crippen LogP contribution in [-0.4, -0.2) is 22.7 Å². The van der Waals surface area contributed by atoms with Gasteiger partial charge in [-0.25, -0.2) is 4.85 Å². The molecule has 6 nitrogen and oxygen atoms in total. The van der Waals surface area contributed by atoms with Gasteiger partial charge in [-0.15, -0.1) is 0 Å². The van der Waals surface area contributed by atoms with Crippen molar-refractivity contribution in [2.75, 3.05) is 6.50 Å². The molecule has 1 aliphatic rings. The molecule has 0 bridgehead atoms. The van der Waals surface area contributed by atoms with Crippen molar-refractivity contribution in [3.05, 3.63) is 58.8 Å². The highest BCUT2D eigenvalue weighted by Gasteiger charge is 2.26. The van der Waals surface area contributed by atoms with Gasteiger partial charge in [0, 0.05) is 24.0 Å². The Balaban J connectivity index is 1.92. The van der Waals surface area contributed by atoms with Crippen LogP contribution >= 0.6 is 0 Å². The largest absolute Gasteiger partial charge is 0.502 e. The average molecular weight is 413 g/mol. The molecule has 0 aliphatic heterocycles. The predicted octanol–water partition coefficient (Wildman–Crippen LogP) is 5.73. The lowest BCUT2D eigenvalue weighted by Crippen LogP contribution is -2.19. The molecule has 1 atom stereocenters. The van der Waals surface area contributed by atoms with E-state index in [9.17, 15) is 0 Å². The van der Waals surface area contributed by atoms with Crippen LogP contribution in [0.1, 0.15) is 64.4 Å². The summed E-state index contributed by atoms with van der Waals surface area (Å²) in [7, 11) is 0. The lowest BCUT2D eigenvalue weighted by Gasteiger charge is -2.13. The van der Waals surface area contributed by atoms with Crippen molar-refractivity contribution < 1.29 is 23.0 Å². The Labute approximate surface area is 191 Å². The lowest BCUT2D eigenvalue weighted by atomic mass is 10.0. The van der Waals surface area contributed by atoms with E-state index >= 15 is 0 Å². The van der Waals surface area contributed by atoms with Crippen molar-refractivity contribution in [2.24, 2.45) is 0 Å². The van der Waals surface area contributed by atoms with Gasteiger partial charge < -0.3 is 14.6 Å². The standard InChI is InChI=1S/C24H26N4O2/c1-5-13-26-20-11-10-17-18(20)7-6-8-19(17)23-27-24(30-28-23)16-9-12-22(29-15(2)3)21(14-16)25-4/h6-9,12,14-15,20,26H,5,10-11,13H2,1-3H3/t20-/m0/s1/i6D,7D,8D,9D,11D2,12D,13D2,14D. The topological polar surface area (TPSA) is 64.5 Å². The minimum atomic E-state index is -2.08. The molecule has 0 radical (unpaired) electrons. The highest BCUT2D eigenvalue weighted by atomic mass is 16.5. The summed E-state index contributed by atoms with van der Waals surface area (Å²) in [6, 6.07) is -4.13. The average Bonchev–Trinajstić information content (AvgIpc) is 3.43. The van der Waals surface area contributed by atoms with Crippen LogP contribution in [0, 0.1) is 6.57 Å². The van der Waals surface area contributed by atoms with E-state index in [1.807, 2.05) is 0 Å². The number of nitrogens with one attached hydrogen (secondary N) is 1. The minimum Gasteiger partial charge on any atom is -0.502 e. The molecule has 1 aliphatic carbocycles. The normalized spacial score (nSPS) is 22.2. The second-order valence-electron chi connectivity index (χ2n) is 6.76. The SMILES string of the molecule is [2H]c1c([2H])c(-c2noc(-c3c([2H])c([2H])c(OC(C)C)c([N+]#[C-])c3[2H])n2)c2c(c1[2H])[C@@H](NC([2H])([2H])CC)C([2H])([2H])C2. The van der Waals surface area contributed by atoms with Crippen molar-refractivity contribution in [3.63, 3.8) is 0 Å². The highest BCUT2D eigenvalue weighted by molar-refractivity contribution is 5.70. The minimum absolute atomic E-state index is 0.0179. The van der Waals surface area contributed by atoms with Gasteiger partial charge in [0.2, 0.25) is 11.5 Å². The molecule has 1 heterocycles. The molecule has 30 heavy (non-hydrogen) atoms. The number of ether oxygens (including phenoxy) is 1. The summed E-state index contributed by atoms with van der Waals surface area (Å²) in [5.74, 6) is -0.878. The summed E-state index contributed by atoms with van der Waals surface area (Å²) in [5, 5.41) is 6.49. The molecule has 1 N–H and O–H groups in total. The third kappa shape index (κ3) is 3.94. The predicted molar refractivity (Wildman–Crippen MR) is 117 cm³/mol. The van der Waals surface area contributed by atoms with E-state index in [2.05, 4.69) is 20.3 Å². The summed E-state index contributed by atoms with van der Waals surface area (Å²) in [6.07, 6.45) is -2.82. The smallest absolute Gasteiger partial charge is 0.256 e. The quantitative estimate of drug-likeness (QED) is 0.502. The number of fused-ring (bicyclic) bond motifs is 1. The van der Waals surface area contributed by atoms with Gasteiger partial charge in [0.15, 0.2) is 0 Å². The van der Waals surface area contributed by atoms with Crippen molar-refractivity contribution in [1.29, 1.82) is 0 Å². The molecule has 0 fully saturated rings. The van der Waals surface area contributed by atoms with Crippen LogP contribution < -0.4 is 10.1 Å². The Hall–Kier alpha value is -3.17. The Morgan fingerprint density at radius 2 is 2.30 bits per heavy atom. The van der Waals surface area contributed by atoms with Gasteiger partial charge in [-0.1, -0.05) is 30.2 Å². The summed E-state index contributed by atoms with van der Waals surface area (Å²) >= 11 is 0. The van der Waals surface area contributed by atoms with Gasteiger partial charge in [0.25, 0.3) is 5.89 Å². The van der Waals surface area contributed by atoms with E-state index in [-0.39, 0.29) is 52.4 Å². The first-order valence-corrected chi connectivity index (χ1v) is 9.48. The Kier molecular flexibility index (Phi) is 3.27. The van der Waals surface area contributed by atoms with E-state index in [0.29, 0.717) is 0 Å². The molecular weight excluding hydrogens is 376 g/mol. The number of benzene rings is 2. The van der Waals surface area contributed by atoms with Crippen LogP contribution in [0.3, 0.4) is 0 Å². The molecule has 154 valence electrons. The van der Waals surface area contributed by atoms with Gasteiger partial charge in [0.05, 0.1) is 19.5 Å². The molecule has 0 amide bonds. The fraction of sp³-hybridized carbons (Fsp3) is 0.375. The maximum Gasteiger partial charge on any atom is 0.256 e. The highest BCUT2D eigenvalue weighted by Crippen LogP contribution is 2.38. The summed E-state index contributed by atoms with van der Waals surface area (Å²) in [5.41, 5.74) is -0.542. The zero-order valence-corrected chi connectivity index (χ0v) is 16.7. The first kappa shape index (κ1) is 11.3. The molecule has 4 rings (SSSR count). The molecular formula is C24H26N4O2. The van der Waals surface area contributed by atoms with E-state index in [4.69, 9.17) is 29.5 Å². The summed E-state index contributed by atoms with van der Waals surface area (Å²) in [4.78, 5) is 7.53. The Morgan fingerprint density at radius 1 is 1.43 bits per heavy atom. The maximum absolute atomic E-state index is 8.57. The maximum atomic E-state index is 8.57. The number of hydrogen-bond acceptors (Lipinski definition) is 5. The molecule has 2 aromatic carbocycles. The van der Waals surface area contributed by atoms with Gasteiger partial charge in [-0.3, -0.25) is 0 Å².